The third-order valence-electron chi connectivity index (χ3n) is 3.55. The number of hydrogen-bond donors (Lipinski definition) is 1. The van der Waals surface area contributed by atoms with E-state index >= 15 is 0 Å². The number of nitrogens with zero attached hydrogens (tertiary/aromatic N) is 4. The van der Waals surface area contributed by atoms with Crippen molar-refractivity contribution in [3.8, 4) is 17.1 Å². The molecule has 0 saturated heterocycles. The van der Waals surface area contributed by atoms with Gasteiger partial charge in [0.25, 0.3) is 0 Å². The number of tetrazole rings is 1. The highest BCUT2D eigenvalue weighted by Gasteiger charge is 2.31. The number of anilines is 1. The van der Waals surface area contributed by atoms with Crippen LogP contribution in [0.3, 0.4) is 0 Å². The lowest BCUT2D eigenvalue weighted by atomic mass is 10.1. The zero-order chi connectivity index (χ0) is 17.3. The molecule has 0 bridgehead atoms. The Morgan fingerprint density at radius 3 is 2.83 bits per heavy atom. The van der Waals surface area contributed by atoms with Gasteiger partial charge in [-0.15, -0.1) is 10.2 Å². The summed E-state index contributed by atoms with van der Waals surface area (Å²) in [7, 11) is 0. The number of nitrogens with one attached hydrogen (secondary N) is 1. The number of aromatic nitrogens is 4. The van der Waals surface area contributed by atoms with Gasteiger partial charge in [-0.05, 0) is 11.6 Å². The zero-order valence-corrected chi connectivity index (χ0v) is 13.0. The molecule has 2 aromatic rings. The van der Waals surface area contributed by atoms with Crippen LogP contribution in [0.1, 0.15) is 12.8 Å². The second kappa shape index (κ2) is 6.42. The van der Waals surface area contributed by atoms with Gasteiger partial charge in [-0.2, -0.15) is 18.4 Å². The largest absolute Gasteiger partial charge is 0.489 e. The Kier molecular flexibility index (Phi) is 4.48. The van der Waals surface area contributed by atoms with E-state index < -0.39 is 18.4 Å². The van der Waals surface area contributed by atoms with Crippen LogP contribution in [0.25, 0.3) is 11.4 Å². The number of alkyl halides is 3. The van der Waals surface area contributed by atoms with Crippen molar-refractivity contribution in [3.05, 3.63) is 16.9 Å². The number of aromatic amines is 1. The fourth-order valence-corrected chi connectivity index (χ4v) is 2.75. The van der Waals surface area contributed by atoms with Crippen molar-refractivity contribution in [2.45, 2.75) is 19.0 Å². The first-order valence-electron chi connectivity index (χ1n) is 7.07. The van der Waals surface area contributed by atoms with Gasteiger partial charge >= 0.3 is 6.18 Å². The number of benzene rings is 1. The van der Waals surface area contributed by atoms with E-state index in [2.05, 4.69) is 20.6 Å². The molecule has 1 aromatic carbocycles. The minimum atomic E-state index is -4.24. The maximum absolute atomic E-state index is 14.5. The second-order valence-electron chi connectivity index (χ2n) is 5.18. The highest BCUT2D eigenvalue weighted by Crippen LogP contribution is 2.44. The average molecular weight is 366 g/mol. The summed E-state index contributed by atoms with van der Waals surface area (Å²) < 4.78 is 57.1. The van der Waals surface area contributed by atoms with Crippen molar-refractivity contribution in [2.75, 3.05) is 24.6 Å². The maximum atomic E-state index is 14.5. The molecule has 0 radical (unpaired) electrons. The first kappa shape index (κ1) is 16.7. The molecule has 6 nitrogen and oxygen atoms in total. The van der Waals surface area contributed by atoms with Gasteiger partial charge < -0.3 is 9.64 Å². The van der Waals surface area contributed by atoms with Crippen LogP contribution in [0.2, 0.25) is 5.02 Å². The third-order valence-corrected chi connectivity index (χ3v) is 3.82. The summed E-state index contributed by atoms with van der Waals surface area (Å²) in [6.07, 6.45) is -5.29. The number of halogens is 5. The number of hydrogen-bond acceptors (Lipinski definition) is 5. The molecular formula is C13H12ClF4N5O. The lowest BCUT2D eigenvalue weighted by molar-refractivity contribution is -0.135. The van der Waals surface area contributed by atoms with Crippen molar-refractivity contribution < 1.29 is 22.3 Å². The first-order valence-corrected chi connectivity index (χ1v) is 7.45. The van der Waals surface area contributed by atoms with Gasteiger partial charge in [0.2, 0.25) is 5.82 Å². The van der Waals surface area contributed by atoms with Crippen molar-refractivity contribution in [3.63, 3.8) is 0 Å². The lowest BCUT2D eigenvalue weighted by Gasteiger charge is -2.33. The quantitative estimate of drug-likeness (QED) is 0.843. The van der Waals surface area contributed by atoms with E-state index in [0.29, 0.717) is 6.54 Å². The summed E-state index contributed by atoms with van der Waals surface area (Å²) in [5, 5.41) is 12.9. The topological polar surface area (TPSA) is 66.9 Å². The van der Waals surface area contributed by atoms with Crippen molar-refractivity contribution in [2.24, 2.45) is 0 Å². The molecule has 0 fully saturated rings. The Balaban J connectivity index is 1.97. The molecular weight excluding hydrogens is 354 g/mol. The molecule has 0 atom stereocenters. The molecule has 2 heterocycles. The molecule has 3 rings (SSSR count). The fraction of sp³-hybridized carbons (Fsp3) is 0.462. The average Bonchev–Trinajstić information content (AvgIpc) is 3.01. The van der Waals surface area contributed by atoms with E-state index in [1.54, 1.807) is 4.90 Å². The highest BCUT2D eigenvalue weighted by atomic mass is 35.5. The second-order valence-corrected chi connectivity index (χ2v) is 5.59. The molecule has 0 amide bonds. The Bertz CT molecular complexity index is 722. The molecule has 1 N–H and O–H groups in total. The van der Waals surface area contributed by atoms with Gasteiger partial charge in [-0.1, -0.05) is 11.6 Å². The van der Waals surface area contributed by atoms with Crippen LogP contribution in [0.15, 0.2) is 6.07 Å². The number of fused-ring (bicyclic) bond motifs is 1. The Morgan fingerprint density at radius 1 is 1.38 bits per heavy atom. The van der Waals surface area contributed by atoms with E-state index in [9.17, 15) is 17.6 Å². The van der Waals surface area contributed by atoms with Crippen LogP contribution < -0.4 is 9.64 Å². The van der Waals surface area contributed by atoms with Crippen LogP contribution in [0.4, 0.5) is 23.2 Å². The first-order chi connectivity index (χ1) is 11.4. The van der Waals surface area contributed by atoms with Crippen LogP contribution in [-0.2, 0) is 0 Å². The molecule has 0 unspecified atom stereocenters. The van der Waals surface area contributed by atoms with Crippen LogP contribution >= 0.6 is 11.6 Å². The predicted molar refractivity (Wildman–Crippen MR) is 77.6 cm³/mol. The summed E-state index contributed by atoms with van der Waals surface area (Å²) >= 11 is 5.87. The summed E-state index contributed by atoms with van der Waals surface area (Å²) in [5.74, 6) is -0.542. The normalized spacial score (nSPS) is 14.5. The van der Waals surface area contributed by atoms with Crippen LogP contribution in [0, 0.1) is 5.82 Å². The molecule has 1 aromatic heterocycles. The van der Waals surface area contributed by atoms with Gasteiger partial charge in [0.15, 0.2) is 5.82 Å². The van der Waals surface area contributed by atoms with E-state index in [-0.39, 0.29) is 47.4 Å². The van der Waals surface area contributed by atoms with E-state index in [1.165, 1.54) is 6.07 Å². The molecule has 1 aliphatic rings. The Hall–Kier alpha value is -2.10. The molecule has 0 aliphatic carbocycles. The van der Waals surface area contributed by atoms with E-state index in [1.807, 2.05) is 0 Å². The summed E-state index contributed by atoms with van der Waals surface area (Å²) in [5.41, 5.74) is 0.240. The summed E-state index contributed by atoms with van der Waals surface area (Å²) in [6.45, 7) is 0.658. The molecule has 11 heteroatoms. The molecule has 130 valence electrons. The van der Waals surface area contributed by atoms with Crippen LogP contribution in [-0.4, -0.2) is 46.5 Å². The van der Waals surface area contributed by atoms with Crippen LogP contribution in [0.5, 0.6) is 5.75 Å². The highest BCUT2D eigenvalue weighted by molar-refractivity contribution is 6.31. The monoisotopic (exact) mass is 365 g/mol. The van der Waals surface area contributed by atoms with Gasteiger partial charge in [-0.25, -0.2) is 4.39 Å². The number of rotatable bonds is 4. The molecule has 1 aliphatic heterocycles. The van der Waals surface area contributed by atoms with Gasteiger partial charge in [-0.3, -0.25) is 0 Å². The van der Waals surface area contributed by atoms with E-state index in [4.69, 9.17) is 16.3 Å². The Labute approximate surface area is 138 Å². The van der Waals surface area contributed by atoms with Gasteiger partial charge in [0.1, 0.15) is 12.4 Å². The smallest absolute Gasteiger partial charge is 0.389 e. The Morgan fingerprint density at radius 2 is 2.17 bits per heavy atom. The van der Waals surface area contributed by atoms with Crippen molar-refractivity contribution >= 4 is 17.3 Å². The summed E-state index contributed by atoms with van der Waals surface area (Å²) in [4.78, 5) is 1.62. The standard InChI is InChI=1S/C13H12ClF4N5O/c14-7-6-8-11(9(10(7)15)12-19-21-22-20-12)23(4-5-24-8)3-1-2-13(16,17)18/h6H,1-5H2,(H,19,20,21,22). The molecule has 0 spiro atoms. The third kappa shape index (κ3) is 3.37. The fourth-order valence-electron chi connectivity index (χ4n) is 2.56. The van der Waals surface area contributed by atoms with Crippen molar-refractivity contribution in [1.29, 1.82) is 0 Å². The maximum Gasteiger partial charge on any atom is 0.389 e. The minimum absolute atomic E-state index is 0.0436. The summed E-state index contributed by atoms with van der Waals surface area (Å²) in [6, 6.07) is 1.30. The SMILES string of the molecule is Fc1c(Cl)cc2c(c1-c1nn[nH]n1)N(CCCC(F)(F)F)CCO2. The van der Waals surface area contributed by atoms with Gasteiger partial charge in [0, 0.05) is 19.0 Å². The minimum Gasteiger partial charge on any atom is -0.489 e. The number of H-pyrrole nitrogens is 1. The lowest BCUT2D eigenvalue weighted by Crippen LogP contribution is -2.34. The molecule has 24 heavy (non-hydrogen) atoms. The van der Waals surface area contributed by atoms with E-state index in [0.717, 1.165) is 0 Å². The van der Waals surface area contributed by atoms with Gasteiger partial charge in [0.05, 0.1) is 22.8 Å². The van der Waals surface area contributed by atoms with Crippen molar-refractivity contribution in [1.82, 2.24) is 20.6 Å². The molecule has 0 saturated carbocycles. The zero-order valence-electron chi connectivity index (χ0n) is 12.2. The number of ether oxygens (including phenoxy) is 1. The predicted octanol–water partition coefficient (Wildman–Crippen LogP) is 3.20.